The first-order chi connectivity index (χ1) is 9.19. The van der Waals surface area contributed by atoms with Gasteiger partial charge in [-0.05, 0) is 19.1 Å². The lowest BCUT2D eigenvalue weighted by Crippen LogP contribution is -2.31. The molecular formula is C13H16O4S2. The first-order valence-corrected chi connectivity index (χ1v) is 8.36. The minimum absolute atomic E-state index is 0.0635. The van der Waals surface area contributed by atoms with Gasteiger partial charge in [0.15, 0.2) is 4.77 Å². The molecule has 6 heteroatoms. The summed E-state index contributed by atoms with van der Waals surface area (Å²) < 4.78 is 23.4. The molecule has 1 aromatic carbocycles. The van der Waals surface area contributed by atoms with Crippen LogP contribution >= 0.6 is 11.8 Å². The van der Waals surface area contributed by atoms with E-state index in [-0.39, 0.29) is 24.9 Å². The maximum Gasteiger partial charge on any atom is 0.188 e. The van der Waals surface area contributed by atoms with Crippen molar-refractivity contribution in [2.24, 2.45) is 0 Å². The lowest BCUT2D eigenvalue weighted by molar-refractivity contribution is -0.0384. The van der Waals surface area contributed by atoms with E-state index in [2.05, 4.69) is 0 Å². The van der Waals surface area contributed by atoms with E-state index >= 15 is 0 Å². The van der Waals surface area contributed by atoms with Gasteiger partial charge in [0.25, 0.3) is 0 Å². The molecule has 0 aromatic heterocycles. The summed E-state index contributed by atoms with van der Waals surface area (Å²) in [5, 5.41) is 9.28. The van der Waals surface area contributed by atoms with Crippen molar-refractivity contribution in [2.75, 3.05) is 6.61 Å². The van der Waals surface area contributed by atoms with Gasteiger partial charge in [-0.15, -0.1) is 0 Å². The summed E-state index contributed by atoms with van der Waals surface area (Å²) in [6.45, 7) is 1.89. The van der Waals surface area contributed by atoms with E-state index in [0.29, 0.717) is 0 Å². The third-order valence-corrected chi connectivity index (χ3v) is 6.42. The van der Waals surface area contributed by atoms with Gasteiger partial charge in [0, 0.05) is 11.3 Å². The van der Waals surface area contributed by atoms with Crippen molar-refractivity contribution in [1.29, 1.82) is 0 Å². The third-order valence-electron chi connectivity index (χ3n) is 3.32. The van der Waals surface area contributed by atoms with Crippen molar-refractivity contribution >= 4 is 22.6 Å². The molecule has 2 heterocycles. The maximum atomic E-state index is 12.3. The second kappa shape index (κ2) is 5.54. The van der Waals surface area contributed by atoms with Gasteiger partial charge in [-0.2, -0.15) is 0 Å². The average Bonchev–Trinajstić information content (AvgIpc) is 2.92. The molecule has 0 bridgehead atoms. The Balaban J connectivity index is 1.71. The van der Waals surface area contributed by atoms with E-state index in [1.54, 1.807) is 0 Å². The van der Waals surface area contributed by atoms with E-state index in [4.69, 9.17) is 9.47 Å². The van der Waals surface area contributed by atoms with Crippen LogP contribution in [0.15, 0.2) is 34.1 Å². The minimum Gasteiger partial charge on any atom is -0.394 e. The second-order valence-corrected chi connectivity index (χ2v) is 7.59. The molecule has 3 rings (SSSR count). The van der Waals surface area contributed by atoms with Gasteiger partial charge in [-0.25, -0.2) is 0 Å². The number of ether oxygens (including phenoxy) is 2. The summed E-state index contributed by atoms with van der Waals surface area (Å²) in [4.78, 5) is 1.85. The van der Waals surface area contributed by atoms with Gasteiger partial charge in [-0.3, -0.25) is 4.21 Å². The zero-order valence-corrected chi connectivity index (χ0v) is 12.2. The minimum atomic E-state index is -1.16. The summed E-state index contributed by atoms with van der Waals surface area (Å²) in [7, 11) is -1.16. The Bertz CT molecular complexity index is 493. The summed E-state index contributed by atoms with van der Waals surface area (Å²) >= 11 is 1.49. The van der Waals surface area contributed by atoms with Gasteiger partial charge in [0.2, 0.25) is 0 Å². The van der Waals surface area contributed by atoms with Crippen molar-refractivity contribution in [2.45, 2.75) is 46.2 Å². The molecule has 3 unspecified atom stereocenters. The van der Waals surface area contributed by atoms with Crippen molar-refractivity contribution in [3.63, 3.8) is 0 Å². The molecule has 1 saturated heterocycles. The highest BCUT2D eigenvalue weighted by Gasteiger charge is 2.39. The third kappa shape index (κ3) is 2.60. The monoisotopic (exact) mass is 300 g/mol. The van der Waals surface area contributed by atoms with Gasteiger partial charge in [0.1, 0.15) is 6.10 Å². The molecule has 0 amide bonds. The summed E-state index contributed by atoms with van der Waals surface area (Å²) in [6.07, 6.45) is 0.312. The maximum absolute atomic E-state index is 12.3. The molecule has 0 aliphatic carbocycles. The number of benzene rings is 1. The molecule has 1 aromatic rings. The van der Waals surface area contributed by atoms with Crippen LogP contribution in [-0.2, 0) is 20.3 Å². The van der Waals surface area contributed by atoms with Gasteiger partial charge in [-0.1, -0.05) is 23.9 Å². The fraction of sp³-hybridized carbons (Fsp3) is 0.538. The largest absolute Gasteiger partial charge is 0.394 e. The predicted octanol–water partition coefficient (Wildman–Crippen LogP) is 1.74. The fourth-order valence-electron chi connectivity index (χ4n) is 2.41. The van der Waals surface area contributed by atoms with Crippen molar-refractivity contribution < 1.29 is 18.8 Å². The summed E-state index contributed by atoms with van der Waals surface area (Å²) in [6, 6.07) is 7.65. The normalized spacial score (nSPS) is 37.5. The van der Waals surface area contributed by atoms with Crippen LogP contribution in [0.3, 0.4) is 0 Å². The Hall–Kier alpha value is -0.400. The first kappa shape index (κ1) is 13.6. The molecule has 104 valence electrons. The number of thioether (sulfide) groups is 1. The Morgan fingerprint density at radius 1 is 1.53 bits per heavy atom. The highest BCUT2D eigenvalue weighted by molar-refractivity contribution is 8.13. The predicted molar refractivity (Wildman–Crippen MR) is 73.4 cm³/mol. The molecule has 2 aliphatic rings. The van der Waals surface area contributed by atoms with Crippen LogP contribution in [0.5, 0.6) is 0 Å². The van der Waals surface area contributed by atoms with Crippen molar-refractivity contribution in [3.05, 3.63) is 24.3 Å². The summed E-state index contributed by atoms with van der Waals surface area (Å²) in [5.74, 6) is 0. The Kier molecular flexibility index (Phi) is 3.96. The molecule has 2 aliphatic heterocycles. The zero-order chi connectivity index (χ0) is 13.4. The molecule has 1 N–H and O–H groups in total. The molecule has 0 saturated carbocycles. The van der Waals surface area contributed by atoms with E-state index in [0.717, 1.165) is 16.2 Å². The standard InChI is InChI=1S/C13H16O4S2/c1-8-6-9(10(7-14)16-8)17-13-18-11-4-2-3-5-12(11)19(13)15/h2-5,8-10,13-14H,6-7H2,1H3/t8-,9?,10+,13?,19?/m0/s1. The molecule has 19 heavy (non-hydrogen) atoms. The average molecular weight is 300 g/mol. The number of aliphatic hydroxyl groups is 1. The number of rotatable bonds is 3. The lowest BCUT2D eigenvalue weighted by atomic mass is 10.1. The van der Waals surface area contributed by atoms with Crippen LogP contribution in [0.2, 0.25) is 0 Å². The zero-order valence-electron chi connectivity index (χ0n) is 10.5. The second-order valence-electron chi connectivity index (χ2n) is 4.73. The van der Waals surface area contributed by atoms with Crippen molar-refractivity contribution in [1.82, 2.24) is 0 Å². The number of hydrogen-bond donors (Lipinski definition) is 1. The Morgan fingerprint density at radius 3 is 3.05 bits per heavy atom. The van der Waals surface area contributed by atoms with E-state index < -0.39 is 15.6 Å². The quantitative estimate of drug-likeness (QED) is 0.921. The van der Waals surface area contributed by atoms with Crippen LogP contribution in [0.25, 0.3) is 0 Å². The van der Waals surface area contributed by atoms with Crippen molar-refractivity contribution in [3.8, 4) is 0 Å². The van der Waals surface area contributed by atoms with Crippen LogP contribution in [0.4, 0.5) is 0 Å². The SMILES string of the molecule is C[C@H]1CC(OC2Sc3ccccc3S2=O)[C@@H](CO)O1. The van der Waals surface area contributed by atoms with Gasteiger partial charge >= 0.3 is 0 Å². The Labute approximate surface area is 118 Å². The molecule has 0 radical (unpaired) electrons. The number of aliphatic hydroxyl groups excluding tert-OH is 1. The van der Waals surface area contributed by atoms with E-state index in [9.17, 15) is 9.32 Å². The highest BCUT2D eigenvalue weighted by atomic mass is 32.2. The number of hydrogen-bond acceptors (Lipinski definition) is 5. The molecule has 0 spiro atoms. The van der Waals surface area contributed by atoms with Crippen LogP contribution < -0.4 is 0 Å². The molecular weight excluding hydrogens is 284 g/mol. The van der Waals surface area contributed by atoms with Crippen LogP contribution in [0.1, 0.15) is 13.3 Å². The van der Waals surface area contributed by atoms with E-state index in [1.165, 1.54) is 11.8 Å². The molecule has 1 fully saturated rings. The first-order valence-electron chi connectivity index (χ1n) is 6.27. The lowest BCUT2D eigenvalue weighted by Gasteiger charge is -2.19. The summed E-state index contributed by atoms with van der Waals surface area (Å²) in [5.41, 5.74) is 0. The number of fused-ring (bicyclic) bond motifs is 1. The molecule has 5 atom stereocenters. The van der Waals surface area contributed by atoms with E-state index in [1.807, 2.05) is 31.2 Å². The van der Waals surface area contributed by atoms with Gasteiger partial charge in [0.05, 0.1) is 34.5 Å². The smallest absolute Gasteiger partial charge is 0.188 e. The topological polar surface area (TPSA) is 55.8 Å². The van der Waals surface area contributed by atoms with Crippen LogP contribution in [0, 0.1) is 0 Å². The fourth-order valence-corrected chi connectivity index (χ4v) is 5.45. The highest BCUT2D eigenvalue weighted by Crippen LogP contribution is 2.42. The molecule has 4 nitrogen and oxygen atoms in total. The Morgan fingerprint density at radius 2 is 2.32 bits per heavy atom. The van der Waals surface area contributed by atoms with Gasteiger partial charge < -0.3 is 14.6 Å². The van der Waals surface area contributed by atoms with Crippen LogP contribution in [-0.4, -0.2) is 39.0 Å².